The van der Waals surface area contributed by atoms with E-state index in [0.29, 0.717) is 13.2 Å². The molecule has 1 aromatic heterocycles. The lowest BCUT2D eigenvalue weighted by Crippen LogP contribution is -2.53. The highest BCUT2D eigenvalue weighted by atomic mass is 16.5. The fourth-order valence-corrected chi connectivity index (χ4v) is 3.74. The summed E-state index contributed by atoms with van der Waals surface area (Å²) in [6.45, 7) is 6.38. The number of hydrogen-bond acceptors (Lipinski definition) is 6. The number of nitrogens with zero attached hydrogens (tertiary/aromatic N) is 6. The van der Waals surface area contributed by atoms with Crippen molar-refractivity contribution in [3.05, 3.63) is 11.9 Å². The Morgan fingerprint density at radius 1 is 1.30 bits per heavy atom. The van der Waals surface area contributed by atoms with E-state index in [4.69, 9.17) is 4.74 Å². The Morgan fingerprint density at radius 2 is 2.13 bits per heavy atom. The van der Waals surface area contributed by atoms with Gasteiger partial charge in [0, 0.05) is 39.3 Å². The first kappa shape index (κ1) is 15.0. The van der Waals surface area contributed by atoms with Gasteiger partial charge in [0.1, 0.15) is 0 Å². The van der Waals surface area contributed by atoms with E-state index in [0.717, 1.165) is 51.4 Å². The van der Waals surface area contributed by atoms with Gasteiger partial charge in [0.05, 0.1) is 37.2 Å². The third-order valence-corrected chi connectivity index (χ3v) is 5.23. The SMILES string of the molecule is CN1CCN(C(=O)CN2CC[C@H]3[C@H](C2)OCc2cnnn23)CC1. The number of ether oxygens (including phenoxy) is 1. The third kappa shape index (κ3) is 2.98. The van der Waals surface area contributed by atoms with E-state index in [1.807, 2.05) is 9.58 Å². The van der Waals surface area contributed by atoms with Crippen LogP contribution in [0.2, 0.25) is 0 Å². The summed E-state index contributed by atoms with van der Waals surface area (Å²) in [5.41, 5.74) is 1.05. The minimum Gasteiger partial charge on any atom is -0.368 e. The number of hydrogen-bond donors (Lipinski definition) is 0. The van der Waals surface area contributed by atoms with Gasteiger partial charge < -0.3 is 14.5 Å². The number of likely N-dealkylation sites (N-methyl/N-ethyl adjacent to an activating group) is 1. The first-order valence-electron chi connectivity index (χ1n) is 8.40. The van der Waals surface area contributed by atoms with Gasteiger partial charge in [0.2, 0.25) is 5.91 Å². The Morgan fingerprint density at radius 3 is 2.96 bits per heavy atom. The fourth-order valence-electron chi connectivity index (χ4n) is 3.74. The quantitative estimate of drug-likeness (QED) is 0.711. The molecule has 0 N–H and O–H groups in total. The lowest BCUT2D eigenvalue weighted by molar-refractivity contribution is -0.136. The van der Waals surface area contributed by atoms with E-state index in [1.54, 1.807) is 6.20 Å². The highest BCUT2D eigenvalue weighted by Gasteiger charge is 2.37. The summed E-state index contributed by atoms with van der Waals surface area (Å²) in [4.78, 5) is 19.0. The summed E-state index contributed by atoms with van der Waals surface area (Å²) < 4.78 is 7.97. The van der Waals surface area contributed by atoms with Gasteiger partial charge in [-0.25, -0.2) is 4.68 Å². The molecule has 23 heavy (non-hydrogen) atoms. The molecule has 3 aliphatic rings. The van der Waals surface area contributed by atoms with E-state index in [9.17, 15) is 4.79 Å². The summed E-state index contributed by atoms with van der Waals surface area (Å²) in [6, 6.07) is 0.260. The van der Waals surface area contributed by atoms with Gasteiger partial charge in [0.15, 0.2) is 0 Å². The maximum Gasteiger partial charge on any atom is 0.236 e. The monoisotopic (exact) mass is 320 g/mol. The second-order valence-electron chi connectivity index (χ2n) is 6.79. The number of aromatic nitrogens is 3. The van der Waals surface area contributed by atoms with Gasteiger partial charge in [-0.3, -0.25) is 9.69 Å². The molecule has 0 saturated carbocycles. The smallest absolute Gasteiger partial charge is 0.236 e. The van der Waals surface area contributed by atoms with Crippen LogP contribution in [0, 0.1) is 0 Å². The average molecular weight is 320 g/mol. The van der Waals surface area contributed by atoms with Crippen LogP contribution in [-0.2, 0) is 16.1 Å². The Kier molecular flexibility index (Phi) is 4.04. The number of likely N-dealkylation sites (tertiary alicyclic amines) is 1. The fraction of sp³-hybridized carbons (Fsp3) is 0.800. The van der Waals surface area contributed by atoms with Crippen LogP contribution in [0.15, 0.2) is 6.20 Å². The molecule has 4 rings (SSSR count). The molecule has 4 heterocycles. The molecule has 1 amide bonds. The molecule has 1 aromatic rings. The molecule has 8 heteroatoms. The molecule has 0 aliphatic carbocycles. The van der Waals surface area contributed by atoms with Crippen LogP contribution in [0.25, 0.3) is 0 Å². The Bertz CT molecular complexity index is 568. The number of carbonyl (C=O) groups excluding carboxylic acids is 1. The maximum atomic E-state index is 12.5. The normalized spacial score (nSPS) is 29.2. The third-order valence-electron chi connectivity index (χ3n) is 5.23. The van der Waals surface area contributed by atoms with Gasteiger partial charge in [-0.05, 0) is 13.5 Å². The highest BCUT2D eigenvalue weighted by Crippen LogP contribution is 2.30. The van der Waals surface area contributed by atoms with Crippen molar-refractivity contribution in [3.8, 4) is 0 Å². The first-order valence-corrected chi connectivity index (χ1v) is 8.40. The maximum absolute atomic E-state index is 12.5. The Hall–Kier alpha value is -1.51. The molecule has 0 unspecified atom stereocenters. The Balaban J connectivity index is 1.33. The van der Waals surface area contributed by atoms with Crippen molar-refractivity contribution in [2.75, 3.05) is 52.9 Å². The number of piperazine rings is 1. The molecule has 2 fully saturated rings. The van der Waals surface area contributed by atoms with Crippen molar-refractivity contribution >= 4 is 5.91 Å². The molecule has 0 bridgehead atoms. The van der Waals surface area contributed by atoms with Crippen LogP contribution in [0.5, 0.6) is 0 Å². The molecule has 0 aromatic carbocycles. The topological polar surface area (TPSA) is 66.7 Å². The van der Waals surface area contributed by atoms with E-state index in [-0.39, 0.29) is 18.1 Å². The molecule has 0 radical (unpaired) electrons. The molecule has 126 valence electrons. The van der Waals surface area contributed by atoms with Crippen molar-refractivity contribution in [1.82, 2.24) is 29.7 Å². The van der Waals surface area contributed by atoms with Gasteiger partial charge in [-0.2, -0.15) is 0 Å². The number of carbonyl (C=O) groups is 1. The summed E-state index contributed by atoms with van der Waals surface area (Å²) in [6.07, 6.45) is 2.84. The minimum absolute atomic E-state index is 0.109. The molecule has 2 saturated heterocycles. The number of amides is 1. The van der Waals surface area contributed by atoms with Crippen LogP contribution >= 0.6 is 0 Å². The van der Waals surface area contributed by atoms with Crippen LogP contribution in [-0.4, -0.2) is 94.6 Å². The van der Waals surface area contributed by atoms with Crippen molar-refractivity contribution in [1.29, 1.82) is 0 Å². The first-order chi connectivity index (χ1) is 11.2. The second-order valence-corrected chi connectivity index (χ2v) is 6.79. The zero-order valence-corrected chi connectivity index (χ0v) is 13.6. The summed E-state index contributed by atoms with van der Waals surface area (Å²) in [7, 11) is 2.10. The lowest BCUT2D eigenvalue weighted by Gasteiger charge is -2.41. The van der Waals surface area contributed by atoms with Crippen LogP contribution in [0.4, 0.5) is 0 Å². The van der Waals surface area contributed by atoms with Gasteiger partial charge >= 0.3 is 0 Å². The van der Waals surface area contributed by atoms with E-state index in [1.165, 1.54) is 0 Å². The molecular formula is C15H24N6O2. The second kappa shape index (κ2) is 6.18. The van der Waals surface area contributed by atoms with E-state index >= 15 is 0 Å². The summed E-state index contributed by atoms with van der Waals surface area (Å²) in [5, 5.41) is 8.18. The average Bonchev–Trinajstić information content (AvgIpc) is 3.04. The molecule has 3 aliphatic heterocycles. The Labute approximate surface area is 136 Å². The van der Waals surface area contributed by atoms with Gasteiger partial charge in [-0.1, -0.05) is 5.21 Å². The van der Waals surface area contributed by atoms with Crippen molar-refractivity contribution in [3.63, 3.8) is 0 Å². The zero-order chi connectivity index (χ0) is 15.8. The predicted octanol–water partition coefficient (Wildman–Crippen LogP) is -0.802. The van der Waals surface area contributed by atoms with Crippen LogP contribution < -0.4 is 0 Å². The van der Waals surface area contributed by atoms with Crippen molar-refractivity contribution < 1.29 is 9.53 Å². The molecular weight excluding hydrogens is 296 g/mol. The largest absolute Gasteiger partial charge is 0.368 e. The van der Waals surface area contributed by atoms with E-state index in [2.05, 4.69) is 27.2 Å². The minimum atomic E-state index is 0.109. The summed E-state index contributed by atoms with van der Waals surface area (Å²) >= 11 is 0. The van der Waals surface area contributed by atoms with Gasteiger partial charge in [-0.15, -0.1) is 5.10 Å². The van der Waals surface area contributed by atoms with Crippen LogP contribution in [0.3, 0.4) is 0 Å². The summed E-state index contributed by atoms with van der Waals surface area (Å²) in [5.74, 6) is 0.244. The lowest BCUT2D eigenvalue weighted by atomic mass is 10.00. The highest BCUT2D eigenvalue weighted by molar-refractivity contribution is 5.78. The number of fused-ring (bicyclic) bond motifs is 3. The standard InChI is InChI=1S/C15H24N6O2/c1-18-4-6-20(7-5-18)15(22)10-19-3-2-13-14(9-19)23-11-12-8-16-17-21(12)13/h8,13-14H,2-7,9-11H2,1H3/t13-,14-/m0/s1. The van der Waals surface area contributed by atoms with Crippen LogP contribution in [0.1, 0.15) is 18.2 Å². The van der Waals surface area contributed by atoms with Gasteiger partial charge in [0.25, 0.3) is 0 Å². The molecule has 8 nitrogen and oxygen atoms in total. The molecule has 0 spiro atoms. The number of piperidine rings is 1. The molecule has 2 atom stereocenters. The van der Waals surface area contributed by atoms with E-state index < -0.39 is 0 Å². The van der Waals surface area contributed by atoms with Crippen molar-refractivity contribution in [2.45, 2.75) is 25.2 Å². The zero-order valence-electron chi connectivity index (χ0n) is 13.6. The number of rotatable bonds is 2. The predicted molar refractivity (Wildman–Crippen MR) is 82.8 cm³/mol. The van der Waals surface area contributed by atoms with Crippen molar-refractivity contribution in [2.24, 2.45) is 0 Å².